The molecule has 11 nitrogen and oxygen atoms in total. The highest BCUT2D eigenvalue weighted by molar-refractivity contribution is 7.22. The quantitative estimate of drug-likeness (QED) is 0.0940. The van der Waals surface area contributed by atoms with Crippen LogP contribution in [0, 0.1) is 24.6 Å². The lowest BCUT2D eigenvalue weighted by atomic mass is 10.0. The first-order valence-electron chi connectivity index (χ1n) is 17.0. The minimum absolute atomic E-state index is 0.147. The van der Waals surface area contributed by atoms with Gasteiger partial charge in [0.25, 0.3) is 0 Å². The molecule has 5 aromatic rings. The second-order valence-electron chi connectivity index (χ2n) is 12.5. The fourth-order valence-corrected chi connectivity index (χ4v) is 8.31. The van der Waals surface area contributed by atoms with Crippen molar-refractivity contribution in [2.24, 2.45) is 0 Å². The molecule has 2 aliphatic rings. The van der Waals surface area contributed by atoms with E-state index in [1.54, 1.807) is 23.5 Å². The van der Waals surface area contributed by atoms with Gasteiger partial charge in [0.2, 0.25) is 0 Å². The van der Waals surface area contributed by atoms with Gasteiger partial charge in [-0.3, -0.25) is 4.90 Å². The Labute approximate surface area is 303 Å². The van der Waals surface area contributed by atoms with Crippen LogP contribution in [-0.2, 0) is 17.6 Å². The number of esters is 1. The van der Waals surface area contributed by atoms with Crippen molar-refractivity contribution in [1.82, 2.24) is 25.1 Å². The summed E-state index contributed by atoms with van der Waals surface area (Å²) >= 11 is 2.98. The van der Waals surface area contributed by atoms with Gasteiger partial charge in [0, 0.05) is 34.7 Å². The Morgan fingerprint density at radius 2 is 2.02 bits per heavy atom. The van der Waals surface area contributed by atoms with Crippen LogP contribution in [0.5, 0.6) is 5.75 Å². The van der Waals surface area contributed by atoms with Gasteiger partial charge in [-0.1, -0.05) is 35.3 Å². The van der Waals surface area contributed by atoms with Crippen LogP contribution < -0.4 is 15.0 Å². The van der Waals surface area contributed by atoms with Crippen LogP contribution in [0.1, 0.15) is 57.7 Å². The molecule has 0 radical (unpaired) electrons. The van der Waals surface area contributed by atoms with E-state index in [1.165, 1.54) is 24.5 Å². The molecule has 7 rings (SSSR count). The summed E-state index contributed by atoms with van der Waals surface area (Å²) in [4.78, 5) is 27.1. The number of methoxy groups -OCH3 is 1. The Morgan fingerprint density at radius 1 is 1.14 bits per heavy atom. The van der Waals surface area contributed by atoms with Crippen molar-refractivity contribution in [2.45, 2.75) is 51.6 Å². The fourth-order valence-electron chi connectivity index (χ4n) is 6.33. The van der Waals surface area contributed by atoms with Crippen molar-refractivity contribution in [1.29, 1.82) is 0 Å². The number of nitrogens with one attached hydrogen (secondary N) is 1. The molecule has 1 saturated heterocycles. The highest BCUT2D eigenvalue weighted by Gasteiger charge is 2.29. The number of β-amino-alcohol motifs (C(OH)–C–C–N with tert-alkyl or cyclic N) is 1. The predicted octanol–water partition coefficient (Wildman–Crippen LogP) is 6.42. The number of carbonyl (C=O) groups is 1. The minimum Gasteiger partial charge on any atom is -0.491 e. The first-order valence-corrected chi connectivity index (χ1v) is 18.7. The largest absolute Gasteiger partial charge is 0.491 e. The van der Waals surface area contributed by atoms with Crippen LogP contribution in [0.25, 0.3) is 10.2 Å². The van der Waals surface area contributed by atoms with Crippen molar-refractivity contribution in [3.63, 3.8) is 0 Å². The minimum atomic E-state index is -0.512. The van der Waals surface area contributed by atoms with E-state index >= 15 is 0 Å². The fraction of sp³-hybridized carbons (Fsp3) is 0.378. The average Bonchev–Trinajstić information content (AvgIpc) is 3.75. The van der Waals surface area contributed by atoms with Crippen LogP contribution >= 0.6 is 22.7 Å². The third-order valence-electron chi connectivity index (χ3n) is 8.96. The molecule has 1 unspecified atom stereocenters. The summed E-state index contributed by atoms with van der Waals surface area (Å²) in [7, 11) is 1.34. The number of para-hydroxylation sites is 1. The second kappa shape index (κ2) is 15.7. The summed E-state index contributed by atoms with van der Waals surface area (Å²) in [6.07, 6.45) is 4.22. The highest BCUT2D eigenvalue weighted by Crippen LogP contribution is 2.39. The van der Waals surface area contributed by atoms with E-state index in [0.29, 0.717) is 49.0 Å². The third kappa shape index (κ3) is 7.97. The molecule has 2 N–H and O–H groups in total. The Bertz CT molecular complexity index is 2080. The zero-order valence-corrected chi connectivity index (χ0v) is 30.1. The van der Waals surface area contributed by atoms with Crippen molar-refractivity contribution in [2.75, 3.05) is 50.1 Å². The van der Waals surface area contributed by atoms with Crippen LogP contribution in [0.2, 0.25) is 0 Å². The number of nitrogens with zero attached hydrogens (tertiary/aromatic N) is 6. The van der Waals surface area contributed by atoms with E-state index in [-0.39, 0.29) is 24.2 Å². The number of ether oxygens (including phenoxy) is 2. The van der Waals surface area contributed by atoms with Gasteiger partial charge in [-0.2, -0.15) is 0 Å². The van der Waals surface area contributed by atoms with E-state index in [1.807, 2.05) is 36.1 Å². The number of piperidine rings is 1. The van der Waals surface area contributed by atoms with E-state index < -0.39 is 11.8 Å². The van der Waals surface area contributed by atoms with Crippen molar-refractivity contribution < 1.29 is 23.8 Å². The summed E-state index contributed by atoms with van der Waals surface area (Å²) in [5, 5.41) is 23.8. The smallest absolute Gasteiger partial charge is 0.357 e. The van der Waals surface area contributed by atoms with Gasteiger partial charge in [-0.25, -0.2) is 19.2 Å². The number of thiazole rings is 2. The van der Waals surface area contributed by atoms with Gasteiger partial charge < -0.3 is 24.8 Å². The Hall–Kier alpha value is -4.68. The van der Waals surface area contributed by atoms with Crippen molar-refractivity contribution in [3.05, 3.63) is 75.5 Å². The van der Waals surface area contributed by atoms with Gasteiger partial charge in [-0.15, -0.1) is 21.5 Å². The average molecular weight is 728 g/mol. The van der Waals surface area contributed by atoms with Crippen LogP contribution in [-0.4, -0.2) is 82.1 Å². The number of carbonyl (C=O) groups excluding carboxylic acids is 1. The molecular weight excluding hydrogens is 690 g/mol. The summed E-state index contributed by atoms with van der Waals surface area (Å²) in [6, 6.07) is 12.7. The maximum absolute atomic E-state index is 14.9. The molecule has 51 heavy (non-hydrogen) atoms. The number of aromatic nitrogens is 4. The van der Waals surface area contributed by atoms with Crippen molar-refractivity contribution in [3.8, 4) is 17.6 Å². The lowest BCUT2D eigenvalue weighted by Crippen LogP contribution is -2.38. The topological polar surface area (TPSA) is 126 Å². The van der Waals surface area contributed by atoms with E-state index in [9.17, 15) is 14.3 Å². The van der Waals surface area contributed by atoms with Gasteiger partial charge >= 0.3 is 5.97 Å². The Balaban J connectivity index is 0.997. The van der Waals surface area contributed by atoms with Crippen LogP contribution in [0.3, 0.4) is 0 Å². The molecule has 0 spiro atoms. The SMILES string of the molecule is COC(=O)c1nc(N2CCCc3c2nnc(Nc2nc4ccccc4s2)c3C)sc1CCCOc1ccc(C#CCN2CCCC(O)C2)cc1F. The molecule has 2 aromatic carbocycles. The molecule has 0 bridgehead atoms. The predicted molar refractivity (Wildman–Crippen MR) is 197 cm³/mol. The van der Waals surface area contributed by atoms with Crippen molar-refractivity contribution >= 4 is 60.8 Å². The normalized spacial score (nSPS) is 16.0. The molecule has 1 fully saturated rings. The number of aliphatic hydroxyl groups excluding tert-OH is 1. The number of likely N-dealkylation sites (tertiary alicyclic amines) is 1. The maximum atomic E-state index is 14.9. The Kier molecular flexibility index (Phi) is 10.7. The van der Waals surface area contributed by atoms with Gasteiger partial charge in [0.15, 0.2) is 39.2 Å². The lowest BCUT2D eigenvalue weighted by molar-refractivity contribution is 0.0593. The molecule has 5 heterocycles. The number of benzene rings is 2. The van der Waals surface area contributed by atoms with Gasteiger partial charge in [-0.05, 0) is 82.3 Å². The number of anilines is 4. The number of fused-ring (bicyclic) bond motifs is 2. The monoisotopic (exact) mass is 727 g/mol. The molecule has 0 amide bonds. The van der Waals surface area contributed by atoms with E-state index in [4.69, 9.17) is 14.5 Å². The number of halogens is 1. The van der Waals surface area contributed by atoms with Crippen LogP contribution in [0.15, 0.2) is 42.5 Å². The second-order valence-corrected chi connectivity index (χ2v) is 14.6. The summed E-state index contributed by atoms with van der Waals surface area (Å²) < 4.78 is 26.8. The summed E-state index contributed by atoms with van der Waals surface area (Å²) in [5.74, 6) is 6.62. The molecule has 0 saturated carbocycles. The first-order chi connectivity index (χ1) is 24.9. The standard InChI is InChI=1S/C37H38FN7O4S2/c1-23-26-11-7-19-45(34(26)43-42-33(23)41-36-39-28-12-3-4-13-30(28)50-36)37-40-32(35(47)48-2)31(51-37)14-8-20-49-29-16-15-24(21-27(29)38)9-5-17-44-18-6-10-25(46)22-44/h3-4,12-13,15-16,21,25,46H,6-8,10-11,14,17-20,22H2,1-2H3,(H,39,41,42). The number of hydrogen-bond donors (Lipinski definition) is 2. The molecule has 264 valence electrons. The molecule has 2 aliphatic heterocycles. The lowest BCUT2D eigenvalue weighted by Gasteiger charge is -2.28. The molecule has 1 atom stereocenters. The summed E-state index contributed by atoms with van der Waals surface area (Å²) in [5.41, 5.74) is 3.83. The Morgan fingerprint density at radius 3 is 2.84 bits per heavy atom. The van der Waals surface area contributed by atoms with E-state index in [2.05, 4.69) is 37.2 Å². The molecular formula is C37H38FN7O4S2. The first kappa shape index (κ1) is 34.8. The molecule has 14 heteroatoms. The number of hydrogen-bond acceptors (Lipinski definition) is 13. The molecule has 3 aromatic heterocycles. The van der Waals surface area contributed by atoms with Gasteiger partial charge in [0.1, 0.15) is 0 Å². The third-order valence-corrected chi connectivity index (χ3v) is 11.0. The highest BCUT2D eigenvalue weighted by atomic mass is 32.1. The van der Waals surface area contributed by atoms with Crippen LogP contribution in [0.4, 0.5) is 26.3 Å². The maximum Gasteiger partial charge on any atom is 0.357 e. The molecule has 0 aliphatic carbocycles. The number of aryl methyl sites for hydroxylation is 1. The zero-order valence-electron chi connectivity index (χ0n) is 28.4. The number of rotatable bonds is 10. The zero-order chi connectivity index (χ0) is 35.3. The van der Waals surface area contributed by atoms with E-state index in [0.717, 1.165) is 69.4 Å². The van der Waals surface area contributed by atoms with Gasteiger partial charge in [0.05, 0.1) is 36.6 Å². The summed E-state index contributed by atoms with van der Waals surface area (Å²) in [6.45, 7) is 5.02. The number of aliphatic hydroxyl groups is 1.